The smallest absolute Gasteiger partial charge is 0.263 e. The molecule has 0 aromatic carbocycles. The van der Waals surface area contributed by atoms with Gasteiger partial charge in [0.1, 0.15) is 0 Å². The Labute approximate surface area is 121 Å². The standard InChI is InChI=1S/C10H18BrN5O2S/c1-15-10(9(11)13-14-15)19(17,18)16-6-2-3-8(7-16)4-5-12/h8H,2-7,12H2,1H3. The van der Waals surface area contributed by atoms with Crippen LogP contribution in [0.2, 0.25) is 0 Å². The molecule has 9 heteroatoms. The maximum atomic E-state index is 12.6. The van der Waals surface area contributed by atoms with Crippen molar-refractivity contribution in [2.45, 2.75) is 24.3 Å². The number of hydrogen-bond acceptors (Lipinski definition) is 5. The van der Waals surface area contributed by atoms with Crippen LogP contribution in [0.1, 0.15) is 19.3 Å². The van der Waals surface area contributed by atoms with E-state index in [1.807, 2.05) is 0 Å². The minimum Gasteiger partial charge on any atom is -0.330 e. The van der Waals surface area contributed by atoms with Gasteiger partial charge in [-0.2, -0.15) is 4.31 Å². The zero-order chi connectivity index (χ0) is 14.0. The highest BCUT2D eigenvalue weighted by Crippen LogP contribution is 2.27. The number of hydrogen-bond donors (Lipinski definition) is 1. The molecule has 1 aromatic rings. The Bertz CT molecular complexity index is 523. The highest BCUT2D eigenvalue weighted by atomic mass is 79.9. The summed E-state index contributed by atoms with van der Waals surface area (Å²) in [6.45, 7) is 1.66. The van der Waals surface area contributed by atoms with Crippen LogP contribution in [-0.2, 0) is 17.1 Å². The van der Waals surface area contributed by atoms with Crippen LogP contribution in [0.15, 0.2) is 9.63 Å². The highest BCUT2D eigenvalue weighted by Gasteiger charge is 2.34. The summed E-state index contributed by atoms with van der Waals surface area (Å²) in [7, 11) is -1.97. The molecule has 1 fully saturated rings. The molecule has 2 heterocycles. The van der Waals surface area contributed by atoms with E-state index in [1.165, 1.54) is 8.99 Å². The fourth-order valence-electron chi connectivity index (χ4n) is 2.44. The minimum absolute atomic E-state index is 0.112. The molecule has 108 valence electrons. The van der Waals surface area contributed by atoms with E-state index in [9.17, 15) is 8.42 Å². The molecule has 7 nitrogen and oxygen atoms in total. The van der Waals surface area contributed by atoms with Gasteiger partial charge in [0.25, 0.3) is 10.0 Å². The maximum absolute atomic E-state index is 12.6. The minimum atomic E-state index is -3.55. The molecule has 1 unspecified atom stereocenters. The molecule has 1 aliphatic heterocycles. The normalized spacial score (nSPS) is 21.7. The maximum Gasteiger partial charge on any atom is 0.263 e. The van der Waals surface area contributed by atoms with Crippen molar-refractivity contribution >= 4 is 26.0 Å². The predicted molar refractivity (Wildman–Crippen MR) is 73.9 cm³/mol. The first-order valence-electron chi connectivity index (χ1n) is 6.22. The SMILES string of the molecule is Cn1nnc(Br)c1S(=O)(=O)N1CCCC(CCN)C1. The number of aryl methyl sites for hydroxylation is 1. The number of sulfonamides is 1. The molecule has 0 aliphatic carbocycles. The van der Waals surface area contributed by atoms with Crippen LogP contribution in [0.5, 0.6) is 0 Å². The van der Waals surface area contributed by atoms with E-state index in [1.54, 1.807) is 7.05 Å². The highest BCUT2D eigenvalue weighted by molar-refractivity contribution is 9.10. The summed E-state index contributed by atoms with van der Waals surface area (Å²) in [6, 6.07) is 0. The second-order valence-electron chi connectivity index (χ2n) is 4.76. The lowest BCUT2D eigenvalue weighted by Crippen LogP contribution is -2.41. The molecule has 0 amide bonds. The number of aromatic nitrogens is 3. The van der Waals surface area contributed by atoms with Gasteiger partial charge in [-0.15, -0.1) is 5.10 Å². The first-order chi connectivity index (χ1) is 8.96. The van der Waals surface area contributed by atoms with Crippen LogP contribution < -0.4 is 5.73 Å². The van der Waals surface area contributed by atoms with E-state index >= 15 is 0 Å². The summed E-state index contributed by atoms with van der Waals surface area (Å²) >= 11 is 3.15. The van der Waals surface area contributed by atoms with E-state index in [0.717, 1.165) is 19.3 Å². The Hall–Kier alpha value is -0.510. The van der Waals surface area contributed by atoms with Crippen LogP contribution in [0, 0.1) is 5.92 Å². The lowest BCUT2D eigenvalue weighted by molar-refractivity contribution is 0.257. The van der Waals surface area contributed by atoms with Crippen LogP contribution in [-0.4, -0.2) is 47.4 Å². The zero-order valence-electron chi connectivity index (χ0n) is 10.8. The van der Waals surface area contributed by atoms with Gasteiger partial charge < -0.3 is 5.73 Å². The summed E-state index contributed by atoms with van der Waals surface area (Å²) in [6.07, 6.45) is 2.76. The first kappa shape index (κ1) is 14.9. The van der Waals surface area contributed by atoms with Crippen molar-refractivity contribution in [1.29, 1.82) is 0 Å². The Morgan fingerprint density at radius 3 is 2.84 bits per heavy atom. The molecule has 2 rings (SSSR count). The molecule has 0 spiro atoms. The van der Waals surface area contributed by atoms with Gasteiger partial charge in [0.2, 0.25) is 5.03 Å². The summed E-state index contributed by atoms with van der Waals surface area (Å²) in [5.74, 6) is 0.341. The van der Waals surface area contributed by atoms with Gasteiger partial charge >= 0.3 is 0 Å². The largest absolute Gasteiger partial charge is 0.330 e. The quantitative estimate of drug-likeness (QED) is 0.843. The topological polar surface area (TPSA) is 94.1 Å². The van der Waals surface area contributed by atoms with E-state index in [4.69, 9.17) is 5.73 Å². The van der Waals surface area contributed by atoms with Gasteiger partial charge in [-0.3, -0.25) is 0 Å². The van der Waals surface area contributed by atoms with Crippen molar-refractivity contribution < 1.29 is 8.42 Å². The molecular weight excluding hydrogens is 334 g/mol. The lowest BCUT2D eigenvalue weighted by Gasteiger charge is -2.31. The third-order valence-corrected chi connectivity index (χ3v) is 6.13. The monoisotopic (exact) mass is 351 g/mol. The Kier molecular flexibility index (Phi) is 4.59. The second kappa shape index (κ2) is 5.86. The number of nitrogens with zero attached hydrogens (tertiary/aromatic N) is 4. The zero-order valence-corrected chi connectivity index (χ0v) is 13.2. The molecule has 0 saturated carbocycles. The average Bonchev–Trinajstić information content (AvgIpc) is 2.70. The van der Waals surface area contributed by atoms with Crippen molar-refractivity contribution in [1.82, 2.24) is 19.3 Å². The fraction of sp³-hybridized carbons (Fsp3) is 0.800. The van der Waals surface area contributed by atoms with Gasteiger partial charge in [-0.25, -0.2) is 13.1 Å². The molecule has 2 N–H and O–H groups in total. The summed E-state index contributed by atoms with van der Waals surface area (Å²) in [5, 5.41) is 7.57. The van der Waals surface area contributed by atoms with Crippen LogP contribution in [0.25, 0.3) is 0 Å². The van der Waals surface area contributed by atoms with E-state index in [0.29, 0.717) is 25.6 Å². The average molecular weight is 352 g/mol. The van der Waals surface area contributed by atoms with Gasteiger partial charge in [-0.1, -0.05) is 5.21 Å². The van der Waals surface area contributed by atoms with Gasteiger partial charge in [-0.05, 0) is 47.7 Å². The van der Waals surface area contributed by atoms with Crippen molar-refractivity contribution in [2.75, 3.05) is 19.6 Å². The van der Waals surface area contributed by atoms with Gasteiger partial charge in [0.05, 0.1) is 0 Å². The molecule has 1 saturated heterocycles. The van der Waals surface area contributed by atoms with E-state index < -0.39 is 10.0 Å². The van der Waals surface area contributed by atoms with Gasteiger partial charge in [0, 0.05) is 20.1 Å². The number of piperidine rings is 1. The summed E-state index contributed by atoms with van der Waals surface area (Å²) in [4.78, 5) is 0. The van der Waals surface area contributed by atoms with E-state index in [2.05, 4.69) is 26.2 Å². The Morgan fingerprint density at radius 2 is 2.26 bits per heavy atom. The molecule has 19 heavy (non-hydrogen) atoms. The summed E-state index contributed by atoms with van der Waals surface area (Å²) < 4.78 is 28.3. The first-order valence-corrected chi connectivity index (χ1v) is 8.45. The lowest BCUT2D eigenvalue weighted by atomic mass is 9.96. The van der Waals surface area contributed by atoms with Crippen molar-refractivity contribution in [3.8, 4) is 0 Å². The number of halogens is 1. The predicted octanol–water partition coefficient (Wildman–Crippen LogP) is 0.327. The Morgan fingerprint density at radius 1 is 1.53 bits per heavy atom. The van der Waals surface area contributed by atoms with Crippen LogP contribution >= 0.6 is 15.9 Å². The second-order valence-corrected chi connectivity index (χ2v) is 7.36. The van der Waals surface area contributed by atoms with Crippen molar-refractivity contribution in [3.05, 3.63) is 4.60 Å². The third-order valence-electron chi connectivity index (χ3n) is 3.38. The number of nitrogens with two attached hydrogens (primary N) is 1. The number of rotatable bonds is 4. The third kappa shape index (κ3) is 2.99. The van der Waals surface area contributed by atoms with E-state index in [-0.39, 0.29) is 9.63 Å². The molecule has 1 aliphatic rings. The van der Waals surface area contributed by atoms with Crippen molar-refractivity contribution in [2.24, 2.45) is 18.7 Å². The van der Waals surface area contributed by atoms with Crippen LogP contribution in [0.3, 0.4) is 0 Å². The fourth-order valence-corrected chi connectivity index (χ4v) is 5.02. The Balaban J connectivity index is 2.25. The van der Waals surface area contributed by atoms with Crippen molar-refractivity contribution in [3.63, 3.8) is 0 Å². The summed E-state index contributed by atoms with van der Waals surface area (Å²) in [5.41, 5.74) is 5.56. The van der Waals surface area contributed by atoms with Crippen LogP contribution in [0.4, 0.5) is 0 Å². The molecule has 0 radical (unpaired) electrons. The molecule has 0 bridgehead atoms. The molecule has 1 aromatic heterocycles. The molecular formula is C10H18BrN5O2S. The molecule has 1 atom stereocenters. The van der Waals surface area contributed by atoms with Gasteiger partial charge in [0.15, 0.2) is 4.60 Å².